The molecule has 0 radical (unpaired) electrons. The van der Waals surface area contributed by atoms with Crippen LogP contribution in [0.5, 0.6) is 0 Å². The molecule has 0 aromatic heterocycles. The molecule has 1 N–H and O–H groups in total. The van der Waals surface area contributed by atoms with Gasteiger partial charge in [0, 0.05) is 28.6 Å². The van der Waals surface area contributed by atoms with E-state index in [4.69, 9.17) is 16.3 Å². The maximum atomic E-state index is 6.33. The van der Waals surface area contributed by atoms with E-state index >= 15 is 0 Å². The molecule has 1 aliphatic heterocycles. The third-order valence-electron chi connectivity index (χ3n) is 3.67. The van der Waals surface area contributed by atoms with Crippen LogP contribution in [0.25, 0.3) is 0 Å². The van der Waals surface area contributed by atoms with Crippen molar-refractivity contribution in [1.29, 1.82) is 0 Å². The molecule has 0 spiro atoms. The minimum absolute atomic E-state index is 0.216. The summed E-state index contributed by atoms with van der Waals surface area (Å²) in [6.07, 6.45) is 1.10. The molecule has 1 aliphatic rings. The molecule has 2 rings (SSSR count). The van der Waals surface area contributed by atoms with E-state index in [0.29, 0.717) is 6.04 Å². The fraction of sp³-hybridized carbons (Fsp3) is 0.600. The van der Waals surface area contributed by atoms with Crippen LogP contribution in [0.15, 0.2) is 22.7 Å². The van der Waals surface area contributed by atoms with Gasteiger partial charge in [0.2, 0.25) is 0 Å². The number of rotatable bonds is 5. The molecule has 2 atom stereocenters. The van der Waals surface area contributed by atoms with Crippen LogP contribution in [0, 0.1) is 0 Å². The van der Waals surface area contributed by atoms with Gasteiger partial charge in [0.15, 0.2) is 0 Å². The van der Waals surface area contributed by atoms with Crippen LogP contribution < -0.4 is 5.32 Å². The zero-order chi connectivity index (χ0) is 14.5. The summed E-state index contributed by atoms with van der Waals surface area (Å²) >= 11 is 9.78. The standard InChI is InChI=1S/C15H22BrClN2O/c1-3-18-14(15-10-19(2)6-7-20-15)8-11-4-5-12(16)9-13(11)17/h4-5,9,14-15,18H,3,6-8,10H2,1-2H3. The lowest BCUT2D eigenvalue weighted by Crippen LogP contribution is -2.52. The molecule has 1 fully saturated rings. The summed E-state index contributed by atoms with van der Waals surface area (Å²) in [5.74, 6) is 0. The Bertz CT molecular complexity index is 444. The number of benzene rings is 1. The fourth-order valence-corrected chi connectivity index (χ4v) is 3.33. The monoisotopic (exact) mass is 360 g/mol. The zero-order valence-electron chi connectivity index (χ0n) is 12.0. The highest BCUT2D eigenvalue weighted by Crippen LogP contribution is 2.23. The number of likely N-dealkylation sites (N-methyl/N-ethyl adjacent to an activating group) is 2. The molecule has 2 unspecified atom stereocenters. The number of morpholine rings is 1. The highest BCUT2D eigenvalue weighted by atomic mass is 79.9. The molecule has 0 saturated carbocycles. The third kappa shape index (κ3) is 4.43. The second-order valence-electron chi connectivity index (χ2n) is 5.28. The van der Waals surface area contributed by atoms with Crippen molar-refractivity contribution in [3.05, 3.63) is 33.3 Å². The van der Waals surface area contributed by atoms with Crippen molar-refractivity contribution in [3.8, 4) is 0 Å². The lowest BCUT2D eigenvalue weighted by atomic mass is 10.00. The summed E-state index contributed by atoms with van der Waals surface area (Å²) in [6.45, 7) is 5.84. The Balaban J connectivity index is 2.08. The molecular weight excluding hydrogens is 340 g/mol. The Morgan fingerprint density at radius 3 is 3.00 bits per heavy atom. The van der Waals surface area contributed by atoms with Crippen molar-refractivity contribution in [2.75, 3.05) is 33.3 Å². The van der Waals surface area contributed by atoms with Gasteiger partial charge in [-0.05, 0) is 37.7 Å². The van der Waals surface area contributed by atoms with Gasteiger partial charge in [-0.1, -0.05) is 40.5 Å². The maximum absolute atomic E-state index is 6.33. The van der Waals surface area contributed by atoms with Gasteiger partial charge in [-0.15, -0.1) is 0 Å². The second-order valence-corrected chi connectivity index (χ2v) is 6.60. The van der Waals surface area contributed by atoms with E-state index in [-0.39, 0.29) is 6.10 Å². The third-order valence-corrected chi connectivity index (χ3v) is 4.51. The van der Waals surface area contributed by atoms with Crippen LogP contribution in [0.4, 0.5) is 0 Å². The first-order valence-electron chi connectivity index (χ1n) is 7.07. The number of hydrogen-bond donors (Lipinski definition) is 1. The van der Waals surface area contributed by atoms with Crippen molar-refractivity contribution < 1.29 is 4.74 Å². The highest BCUT2D eigenvalue weighted by Gasteiger charge is 2.26. The second kappa shape index (κ2) is 7.76. The molecule has 5 heteroatoms. The van der Waals surface area contributed by atoms with Gasteiger partial charge in [-0.3, -0.25) is 0 Å². The van der Waals surface area contributed by atoms with Crippen LogP contribution in [0.2, 0.25) is 5.02 Å². The minimum Gasteiger partial charge on any atom is -0.374 e. The molecule has 1 aromatic rings. The summed E-state index contributed by atoms with van der Waals surface area (Å²) < 4.78 is 6.96. The first-order chi connectivity index (χ1) is 9.60. The van der Waals surface area contributed by atoms with E-state index in [2.05, 4.69) is 46.2 Å². The minimum atomic E-state index is 0.216. The van der Waals surface area contributed by atoms with Crippen LogP contribution in [0.1, 0.15) is 12.5 Å². The molecule has 1 heterocycles. The first-order valence-corrected chi connectivity index (χ1v) is 8.24. The van der Waals surface area contributed by atoms with Crippen LogP contribution >= 0.6 is 27.5 Å². The Hall–Kier alpha value is -0.130. The Kier molecular flexibility index (Phi) is 6.30. The van der Waals surface area contributed by atoms with Gasteiger partial charge in [-0.25, -0.2) is 0 Å². The summed E-state index contributed by atoms with van der Waals surface area (Å²) in [6, 6.07) is 6.37. The summed E-state index contributed by atoms with van der Waals surface area (Å²) in [4.78, 5) is 2.32. The summed E-state index contributed by atoms with van der Waals surface area (Å²) in [7, 11) is 2.14. The highest BCUT2D eigenvalue weighted by molar-refractivity contribution is 9.10. The van der Waals surface area contributed by atoms with Crippen molar-refractivity contribution in [3.63, 3.8) is 0 Å². The van der Waals surface area contributed by atoms with Crippen molar-refractivity contribution >= 4 is 27.5 Å². The number of nitrogens with one attached hydrogen (secondary N) is 1. The lowest BCUT2D eigenvalue weighted by molar-refractivity contribution is -0.0381. The van der Waals surface area contributed by atoms with Crippen LogP contribution in [-0.4, -0.2) is 50.3 Å². The van der Waals surface area contributed by atoms with E-state index < -0.39 is 0 Å². The van der Waals surface area contributed by atoms with Gasteiger partial charge in [0.1, 0.15) is 0 Å². The van der Waals surface area contributed by atoms with Crippen molar-refractivity contribution in [2.24, 2.45) is 0 Å². The SMILES string of the molecule is CCNC(Cc1ccc(Br)cc1Cl)C1CN(C)CCO1. The number of ether oxygens (including phenoxy) is 1. The summed E-state index contributed by atoms with van der Waals surface area (Å²) in [5, 5.41) is 4.35. The largest absolute Gasteiger partial charge is 0.374 e. The maximum Gasteiger partial charge on any atom is 0.0858 e. The fourth-order valence-electron chi connectivity index (χ4n) is 2.58. The molecule has 1 saturated heterocycles. The predicted octanol–water partition coefficient (Wildman–Crippen LogP) is 2.95. The molecule has 0 bridgehead atoms. The van der Waals surface area contributed by atoms with Gasteiger partial charge in [0.25, 0.3) is 0 Å². The number of halogens is 2. The molecule has 112 valence electrons. The van der Waals surface area contributed by atoms with Gasteiger partial charge < -0.3 is 15.0 Å². The lowest BCUT2D eigenvalue weighted by Gasteiger charge is -2.35. The van der Waals surface area contributed by atoms with Gasteiger partial charge in [-0.2, -0.15) is 0 Å². The Labute approximate surface area is 134 Å². The first kappa shape index (κ1) is 16.2. The molecule has 20 heavy (non-hydrogen) atoms. The smallest absolute Gasteiger partial charge is 0.0858 e. The van der Waals surface area contributed by atoms with Crippen molar-refractivity contribution in [1.82, 2.24) is 10.2 Å². The molecule has 0 amide bonds. The van der Waals surface area contributed by atoms with E-state index in [1.54, 1.807) is 0 Å². The zero-order valence-corrected chi connectivity index (χ0v) is 14.4. The molecule has 0 aliphatic carbocycles. The topological polar surface area (TPSA) is 24.5 Å². The Morgan fingerprint density at radius 1 is 1.55 bits per heavy atom. The number of nitrogens with zero attached hydrogens (tertiary/aromatic N) is 1. The van der Waals surface area contributed by atoms with Crippen LogP contribution in [0.3, 0.4) is 0 Å². The van der Waals surface area contributed by atoms with Gasteiger partial charge >= 0.3 is 0 Å². The quantitative estimate of drug-likeness (QED) is 0.872. The molecule has 3 nitrogen and oxygen atoms in total. The van der Waals surface area contributed by atoms with E-state index in [1.165, 1.54) is 0 Å². The normalized spacial score (nSPS) is 21.9. The predicted molar refractivity (Wildman–Crippen MR) is 87.6 cm³/mol. The van der Waals surface area contributed by atoms with E-state index in [0.717, 1.165) is 47.7 Å². The molecular formula is C15H22BrClN2O. The van der Waals surface area contributed by atoms with Crippen molar-refractivity contribution in [2.45, 2.75) is 25.5 Å². The van der Waals surface area contributed by atoms with E-state index in [1.807, 2.05) is 12.1 Å². The molecule has 1 aromatic carbocycles. The summed E-state index contributed by atoms with van der Waals surface area (Å²) in [5.41, 5.74) is 1.16. The number of hydrogen-bond acceptors (Lipinski definition) is 3. The Morgan fingerprint density at radius 2 is 2.35 bits per heavy atom. The average Bonchev–Trinajstić information content (AvgIpc) is 2.41. The van der Waals surface area contributed by atoms with Crippen LogP contribution in [-0.2, 0) is 11.2 Å². The van der Waals surface area contributed by atoms with Gasteiger partial charge in [0.05, 0.1) is 12.7 Å². The van der Waals surface area contributed by atoms with E-state index in [9.17, 15) is 0 Å². The average molecular weight is 362 g/mol.